The Balaban J connectivity index is 2.60. The van der Waals surface area contributed by atoms with Crippen molar-refractivity contribution in [2.24, 2.45) is 5.73 Å². The van der Waals surface area contributed by atoms with Crippen molar-refractivity contribution in [3.63, 3.8) is 0 Å². The summed E-state index contributed by atoms with van der Waals surface area (Å²) >= 11 is 0. The number of ether oxygens (including phenoxy) is 1. The van der Waals surface area contributed by atoms with Gasteiger partial charge < -0.3 is 14.9 Å². The Bertz CT molecular complexity index is 502. The highest BCUT2D eigenvalue weighted by atomic mass is 16.5. The second-order valence-electron chi connectivity index (χ2n) is 3.14. The molecule has 0 aliphatic heterocycles. The summed E-state index contributed by atoms with van der Waals surface area (Å²) in [5.41, 5.74) is 7.18. The van der Waals surface area contributed by atoms with Crippen molar-refractivity contribution in [3.05, 3.63) is 35.6 Å². The number of benzene rings is 1. The first-order valence-corrected chi connectivity index (χ1v) is 4.56. The first-order chi connectivity index (χ1) is 7.26. The number of fused-ring (bicyclic) bond motifs is 1. The second-order valence-corrected chi connectivity index (χ2v) is 3.14. The smallest absolute Gasteiger partial charge is 0.373 e. The molecule has 1 heterocycles. The minimum atomic E-state index is -0.478. The van der Waals surface area contributed by atoms with E-state index in [1.165, 1.54) is 7.11 Å². The third kappa shape index (κ3) is 1.59. The highest BCUT2D eigenvalue weighted by molar-refractivity contribution is 5.93. The molecule has 4 nitrogen and oxygen atoms in total. The Morgan fingerprint density at radius 3 is 3.00 bits per heavy atom. The van der Waals surface area contributed by atoms with E-state index in [4.69, 9.17) is 10.2 Å². The fourth-order valence-corrected chi connectivity index (χ4v) is 1.50. The Morgan fingerprint density at radius 1 is 1.53 bits per heavy atom. The van der Waals surface area contributed by atoms with Gasteiger partial charge in [0.1, 0.15) is 5.58 Å². The van der Waals surface area contributed by atoms with Gasteiger partial charge in [-0.1, -0.05) is 12.1 Å². The third-order valence-electron chi connectivity index (χ3n) is 2.26. The topological polar surface area (TPSA) is 65.5 Å². The lowest BCUT2D eigenvalue weighted by Gasteiger charge is -1.95. The van der Waals surface area contributed by atoms with Gasteiger partial charge in [-0.25, -0.2) is 4.79 Å². The molecule has 0 fully saturated rings. The van der Waals surface area contributed by atoms with Crippen molar-refractivity contribution in [2.75, 3.05) is 7.11 Å². The highest BCUT2D eigenvalue weighted by Crippen LogP contribution is 2.23. The number of esters is 1. The fourth-order valence-electron chi connectivity index (χ4n) is 1.50. The minimum Gasteiger partial charge on any atom is -0.463 e. The SMILES string of the molecule is COC(=O)c1cc2c(CN)cccc2o1. The van der Waals surface area contributed by atoms with Crippen LogP contribution < -0.4 is 5.73 Å². The summed E-state index contributed by atoms with van der Waals surface area (Å²) in [5.74, 6) is -0.275. The minimum absolute atomic E-state index is 0.202. The molecule has 0 spiro atoms. The molecule has 1 aromatic carbocycles. The number of rotatable bonds is 2. The van der Waals surface area contributed by atoms with E-state index in [2.05, 4.69) is 4.74 Å². The van der Waals surface area contributed by atoms with Crippen molar-refractivity contribution < 1.29 is 13.9 Å². The molecule has 2 rings (SSSR count). The second kappa shape index (κ2) is 3.74. The number of hydrogen-bond acceptors (Lipinski definition) is 4. The van der Waals surface area contributed by atoms with Gasteiger partial charge in [0.05, 0.1) is 7.11 Å². The van der Waals surface area contributed by atoms with Crippen LogP contribution in [-0.4, -0.2) is 13.1 Å². The monoisotopic (exact) mass is 205 g/mol. The van der Waals surface area contributed by atoms with E-state index in [1.54, 1.807) is 12.1 Å². The Kier molecular flexibility index (Phi) is 2.43. The maximum absolute atomic E-state index is 11.2. The fraction of sp³-hybridized carbons (Fsp3) is 0.182. The average Bonchev–Trinajstić information content (AvgIpc) is 2.71. The van der Waals surface area contributed by atoms with E-state index in [1.807, 2.05) is 12.1 Å². The molecular formula is C11H11NO3. The van der Waals surface area contributed by atoms with E-state index in [0.29, 0.717) is 12.1 Å². The Morgan fingerprint density at radius 2 is 2.33 bits per heavy atom. The van der Waals surface area contributed by atoms with Crippen LogP contribution in [0.4, 0.5) is 0 Å². The summed E-state index contributed by atoms with van der Waals surface area (Å²) in [5, 5.41) is 0.861. The summed E-state index contributed by atoms with van der Waals surface area (Å²) in [6, 6.07) is 7.19. The quantitative estimate of drug-likeness (QED) is 0.757. The van der Waals surface area contributed by atoms with Crippen molar-refractivity contribution in [3.8, 4) is 0 Å². The van der Waals surface area contributed by atoms with Crippen LogP contribution in [0.5, 0.6) is 0 Å². The van der Waals surface area contributed by atoms with Crippen molar-refractivity contribution in [1.82, 2.24) is 0 Å². The lowest BCUT2D eigenvalue weighted by Crippen LogP contribution is -1.98. The number of hydrogen-bond donors (Lipinski definition) is 1. The molecule has 78 valence electrons. The highest BCUT2D eigenvalue weighted by Gasteiger charge is 2.13. The van der Waals surface area contributed by atoms with Crippen LogP contribution in [-0.2, 0) is 11.3 Å². The van der Waals surface area contributed by atoms with E-state index in [-0.39, 0.29) is 5.76 Å². The van der Waals surface area contributed by atoms with E-state index < -0.39 is 5.97 Å². The van der Waals surface area contributed by atoms with Gasteiger partial charge in [-0.3, -0.25) is 0 Å². The van der Waals surface area contributed by atoms with Crippen LogP contribution in [0.25, 0.3) is 11.0 Å². The van der Waals surface area contributed by atoms with E-state index >= 15 is 0 Å². The number of methoxy groups -OCH3 is 1. The molecule has 0 aliphatic rings. The standard InChI is InChI=1S/C11H11NO3/c1-14-11(13)10-5-8-7(6-12)3-2-4-9(8)15-10/h2-5H,6,12H2,1H3. The Hall–Kier alpha value is -1.81. The molecule has 0 radical (unpaired) electrons. The van der Waals surface area contributed by atoms with Gasteiger partial charge in [0, 0.05) is 11.9 Å². The predicted octanol–water partition coefficient (Wildman–Crippen LogP) is 1.68. The predicted molar refractivity (Wildman–Crippen MR) is 55.4 cm³/mol. The summed E-state index contributed by atoms with van der Waals surface area (Å²) in [4.78, 5) is 11.2. The summed E-state index contributed by atoms with van der Waals surface area (Å²) < 4.78 is 9.91. The van der Waals surface area contributed by atoms with E-state index in [9.17, 15) is 4.79 Å². The molecule has 4 heteroatoms. The molecule has 1 aromatic heterocycles. The Labute approximate surface area is 86.6 Å². The number of nitrogens with two attached hydrogens (primary N) is 1. The van der Waals surface area contributed by atoms with Crippen LogP contribution >= 0.6 is 0 Å². The van der Waals surface area contributed by atoms with Gasteiger partial charge in [0.2, 0.25) is 5.76 Å². The van der Waals surface area contributed by atoms with E-state index in [0.717, 1.165) is 10.9 Å². The summed E-state index contributed by atoms with van der Waals surface area (Å²) in [6.07, 6.45) is 0. The molecule has 0 atom stereocenters. The van der Waals surface area contributed by atoms with Gasteiger partial charge >= 0.3 is 5.97 Å². The lowest BCUT2D eigenvalue weighted by atomic mass is 10.1. The van der Waals surface area contributed by atoms with Crippen LogP contribution in [0, 0.1) is 0 Å². The van der Waals surface area contributed by atoms with Gasteiger partial charge in [-0.15, -0.1) is 0 Å². The van der Waals surface area contributed by atoms with Crippen LogP contribution in [0.15, 0.2) is 28.7 Å². The maximum Gasteiger partial charge on any atom is 0.373 e. The molecule has 0 unspecified atom stereocenters. The van der Waals surface area contributed by atoms with Crippen molar-refractivity contribution in [2.45, 2.75) is 6.54 Å². The normalized spacial score (nSPS) is 10.5. The lowest BCUT2D eigenvalue weighted by molar-refractivity contribution is 0.0567. The molecular weight excluding hydrogens is 194 g/mol. The molecule has 15 heavy (non-hydrogen) atoms. The molecule has 0 amide bonds. The van der Waals surface area contributed by atoms with Crippen LogP contribution in [0.2, 0.25) is 0 Å². The molecule has 0 bridgehead atoms. The summed E-state index contributed by atoms with van der Waals surface area (Å²) in [7, 11) is 1.32. The number of carbonyl (C=O) groups excluding carboxylic acids is 1. The third-order valence-corrected chi connectivity index (χ3v) is 2.26. The maximum atomic E-state index is 11.2. The molecule has 0 aliphatic carbocycles. The zero-order valence-electron chi connectivity index (χ0n) is 8.32. The number of furan rings is 1. The molecule has 0 saturated carbocycles. The first-order valence-electron chi connectivity index (χ1n) is 4.56. The largest absolute Gasteiger partial charge is 0.463 e. The van der Waals surface area contributed by atoms with Gasteiger partial charge in [0.15, 0.2) is 0 Å². The zero-order valence-corrected chi connectivity index (χ0v) is 8.32. The average molecular weight is 205 g/mol. The molecule has 2 aromatic rings. The number of carbonyl (C=O) groups is 1. The van der Waals surface area contributed by atoms with Crippen molar-refractivity contribution >= 4 is 16.9 Å². The summed E-state index contributed by atoms with van der Waals surface area (Å²) in [6.45, 7) is 0.414. The van der Waals surface area contributed by atoms with Gasteiger partial charge in [-0.05, 0) is 17.7 Å². The van der Waals surface area contributed by atoms with Crippen LogP contribution in [0.1, 0.15) is 16.1 Å². The first kappa shape index (κ1) is 9.73. The molecule has 0 saturated heterocycles. The van der Waals surface area contributed by atoms with Gasteiger partial charge in [0.25, 0.3) is 0 Å². The molecule has 2 N–H and O–H groups in total. The zero-order chi connectivity index (χ0) is 10.8. The van der Waals surface area contributed by atoms with Crippen molar-refractivity contribution in [1.29, 1.82) is 0 Å². The van der Waals surface area contributed by atoms with Gasteiger partial charge in [-0.2, -0.15) is 0 Å². The van der Waals surface area contributed by atoms with Crippen LogP contribution in [0.3, 0.4) is 0 Å².